The van der Waals surface area contributed by atoms with Crippen molar-refractivity contribution in [1.29, 1.82) is 0 Å². The first-order valence-corrected chi connectivity index (χ1v) is 6.75. The highest BCUT2D eigenvalue weighted by atomic mass is 127. The smallest absolute Gasteiger partial charge is 0.255 e. The Morgan fingerprint density at radius 2 is 2.24 bits per heavy atom. The van der Waals surface area contributed by atoms with Crippen molar-refractivity contribution in [3.8, 4) is 0 Å². The van der Waals surface area contributed by atoms with Gasteiger partial charge in [-0.05, 0) is 54.5 Å². The minimum Gasteiger partial charge on any atom is -0.388 e. The summed E-state index contributed by atoms with van der Waals surface area (Å²) in [4.78, 5) is 14.1. The maximum absolute atomic E-state index is 12.4. The number of aryl methyl sites for hydroxylation is 1. The zero-order valence-corrected chi connectivity index (χ0v) is 12.2. The van der Waals surface area contributed by atoms with Crippen LogP contribution < -0.4 is 0 Å². The molecule has 0 spiro atoms. The van der Waals surface area contributed by atoms with Gasteiger partial charge >= 0.3 is 0 Å². The normalized spacial score (nSPS) is 24.1. The Kier molecular flexibility index (Phi) is 3.45. The van der Waals surface area contributed by atoms with Gasteiger partial charge in [0.05, 0.1) is 11.2 Å². The first kappa shape index (κ1) is 12.8. The van der Waals surface area contributed by atoms with E-state index >= 15 is 0 Å². The Labute approximate surface area is 115 Å². The summed E-state index contributed by atoms with van der Waals surface area (Å²) in [5.74, 6) is 0.0327. The maximum atomic E-state index is 12.4. The van der Waals surface area contributed by atoms with Gasteiger partial charge in [-0.15, -0.1) is 0 Å². The van der Waals surface area contributed by atoms with Crippen molar-refractivity contribution < 1.29 is 9.90 Å². The lowest BCUT2D eigenvalue weighted by atomic mass is 10.1. The molecule has 17 heavy (non-hydrogen) atoms. The molecule has 1 aliphatic rings. The Morgan fingerprint density at radius 1 is 1.53 bits per heavy atom. The zero-order chi connectivity index (χ0) is 12.6. The van der Waals surface area contributed by atoms with Gasteiger partial charge in [-0.1, -0.05) is 12.1 Å². The standard InChI is InChI=1S/C13H16INO2/c1-9-4-3-5-10(14)11(9)12(16)15-7-6-13(2,17)8-15/h3-5,17H,6-8H2,1-2H3/t13-/m0/s1. The summed E-state index contributed by atoms with van der Waals surface area (Å²) < 4.78 is 0.971. The highest BCUT2D eigenvalue weighted by Gasteiger charge is 2.35. The van der Waals surface area contributed by atoms with Gasteiger partial charge in [-0.2, -0.15) is 0 Å². The highest BCUT2D eigenvalue weighted by molar-refractivity contribution is 14.1. The van der Waals surface area contributed by atoms with E-state index in [1.807, 2.05) is 25.1 Å². The van der Waals surface area contributed by atoms with Crippen molar-refractivity contribution in [1.82, 2.24) is 4.90 Å². The van der Waals surface area contributed by atoms with Crippen LogP contribution >= 0.6 is 22.6 Å². The topological polar surface area (TPSA) is 40.5 Å². The summed E-state index contributed by atoms with van der Waals surface area (Å²) in [6.45, 7) is 4.79. The molecule has 1 amide bonds. The van der Waals surface area contributed by atoms with E-state index in [1.54, 1.807) is 11.8 Å². The molecule has 1 N–H and O–H groups in total. The summed E-state index contributed by atoms with van der Waals surface area (Å²) in [5.41, 5.74) is 1.03. The van der Waals surface area contributed by atoms with Crippen LogP contribution in [-0.4, -0.2) is 34.6 Å². The Bertz CT molecular complexity index is 436. The molecular weight excluding hydrogens is 329 g/mol. The van der Waals surface area contributed by atoms with Gasteiger partial charge in [0.15, 0.2) is 0 Å². The van der Waals surface area contributed by atoms with Crippen LogP contribution in [0.1, 0.15) is 29.3 Å². The van der Waals surface area contributed by atoms with Crippen molar-refractivity contribution in [2.45, 2.75) is 25.9 Å². The number of benzene rings is 1. The number of nitrogens with zero attached hydrogens (tertiary/aromatic N) is 1. The van der Waals surface area contributed by atoms with E-state index in [0.717, 1.165) is 14.7 Å². The lowest BCUT2D eigenvalue weighted by Crippen LogP contribution is -2.34. The predicted molar refractivity (Wildman–Crippen MR) is 75.0 cm³/mol. The summed E-state index contributed by atoms with van der Waals surface area (Å²) in [6, 6.07) is 5.84. The lowest BCUT2D eigenvalue weighted by Gasteiger charge is -2.20. The molecule has 4 heteroatoms. The van der Waals surface area contributed by atoms with E-state index < -0.39 is 5.60 Å². The molecule has 1 aromatic carbocycles. The predicted octanol–water partition coefficient (Wildman–Crippen LogP) is 2.20. The first-order valence-electron chi connectivity index (χ1n) is 5.67. The van der Waals surface area contributed by atoms with Crippen LogP contribution in [0.2, 0.25) is 0 Å². The maximum Gasteiger partial charge on any atom is 0.255 e. The van der Waals surface area contributed by atoms with Crippen molar-refractivity contribution >= 4 is 28.5 Å². The largest absolute Gasteiger partial charge is 0.388 e. The fraction of sp³-hybridized carbons (Fsp3) is 0.462. The molecule has 0 unspecified atom stereocenters. The van der Waals surface area contributed by atoms with Crippen LogP contribution in [-0.2, 0) is 0 Å². The van der Waals surface area contributed by atoms with E-state index in [4.69, 9.17) is 0 Å². The van der Waals surface area contributed by atoms with Crippen LogP contribution in [0.15, 0.2) is 18.2 Å². The number of β-amino-alcohol motifs (C(OH)–C–C–N with tert-alkyl or cyclic N) is 1. The minimum absolute atomic E-state index is 0.0327. The molecule has 1 atom stereocenters. The number of carbonyl (C=O) groups excluding carboxylic acids is 1. The molecule has 1 aliphatic heterocycles. The second-order valence-corrected chi connectivity index (χ2v) is 6.07. The van der Waals surface area contributed by atoms with Crippen molar-refractivity contribution in [2.24, 2.45) is 0 Å². The second-order valence-electron chi connectivity index (χ2n) is 4.91. The Morgan fingerprint density at radius 3 is 2.76 bits per heavy atom. The number of aliphatic hydroxyl groups is 1. The van der Waals surface area contributed by atoms with Crippen LogP contribution in [0.5, 0.6) is 0 Å². The van der Waals surface area contributed by atoms with Crippen molar-refractivity contribution in [3.63, 3.8) is 0 Å². The number of hydrogen-bond donors (Lipinski definition) is 1. The van der Waals surface area contributed by atoms with Gasteiger partial charge in [0.25, 0.3) is 5.91 Å². The van der Waals surface area contributed by atoms with Crippen molar-refractivity contribution in [2.75, 3.05) is 13.1 Å². The third-order valence-corrected chi connectivity index (χ3v) is 4.07. The van der Waals surface area contributed by atoms with Gasteiger partial charge in [0, 0.05) is 16.7 Å². The molecule has 1 heterocycles. The van der Waals surface area contributed by atoms with E-state index in [9.17, 15) is 9.90 Å². The number of rotatable bonds is 1. The fourth-order valence-electron chi connectivity index (χ4n) is 2.18. The average Bonchev–Trinajstić information content (AvgIpc) is 2.58. The molecule has 1 aromatic rings. The molecule has 2 rings (SSSR count). The molecular formula is C13H16INO2. The Balaban J connectivity index is 2.27. The van der Waals surface area contributed by atoms with E-state index in [2.05, 4.69) is 22.6 Å². The van der Waals surface area contributed by atoms with Gasteiger partial charge in [-0.3, -0.25) is 4.79 Å². The molecule has 0 aliphatic carbocycles. The van der Waals surface area contributed by atoms with E-state index in [-0.39, 0.29) is 5.91 Å². The monoisotopic (exact) mass is 345 g/mol. The quantitative estimate of drug-likeness (QED) is 0.793. The number of halogens is 1. The molecule has 0 bridgehead atoms. The minimum atomic E-state index is -0.732. The molecule has 0 radical (unpaired) electrons. The van der Waals surface area contributed by atoms with Crippen LogP contribution in [0.25, 0.3) is 0 Å². The second kappa shape index (κ2) is 4.57. The lowest BCUT2D eigenvalue weighted by molar-refractivity contribution is 0.0571. The van der Waals surface area contributed by atoms with Crippen LogP contribution in [0, 0.1) is 10.5 Å². The van der Waals surface area contributed by atoms with Crippen LogP contribution in [0.4, 0.5) is 0 Å². The molecule has 1 saturated heterocycles. The Hall–Kier alpha value is -0.620. The number of carbonyl (C=O) groups is 1. The molecule has 92 valence electrons. The van der Waals surface area contributed by atoms with Crippen molar-refractivity contribution in [3.05, 3.63) is 32.9 Å². The van der Waals surface area contributed by atoms with Crippen LogP contribution in [0.3, 0.4) is 0 Å². The summed E-state index contributed by atoms with van der Waals surface area (Å²) in [7, 11) is 0. The third-order valence-electron chi connectivity index (χ3n) is 3.17. The van der Waals surface area contributed by atoms with Gasteiger partial charge in [-0.25, -0.2) is 0 Å². The molecule has 1 fully saturated rings. The van der Waals surface area contributed by atoms with Gasteiger partial charge in [0.1, 0.15) is 0 Å². The van der Waals surface area contributed by atoms with Gasteiger partial charge < -0.3 is 10.0 Å². The first-order chi connectivity index (χ1) is 7.91. The number of amides is 1. The fourth-order valence-corrected chi connectivity index (χ4v) is 3.04. The number of hydrogen-bond acceptors (Lipinski definition) is 2. The van der Waals surface area contributed by atoms with E-state index in [0.29, 0.717) is 19.5 Å². The summed E-state index contributed by atoms with van der Waals surface area (Å²) in [5, 5.41) is 9.90. The average molecular weight is 345 g/mol. The van der Waals surface area contributed by atoms with E-state index in [1.165, 1.54) is 0 Å². The molecule has 0 aromatic heterocycles. The molecule has 3 nitrogen and oxygen atoms in total. The van der Waals surface area contributed by atoms with Gasteiger partial charge in [0.2, 0.25) is 0 Å². The third kappa shape index (κ3) is 2.63. The molecule has 0 saturated carbocycles. The highest BCUT2D eigenvalue weighted by Crippen LogP contribution is 2.25. The SMILES string of the molecule is Cc1cccc(I)c1C(=O)N1CC[C@](C)(O)C1. The summed E-state index contributed by atoms with van der Waals surface area (Å²) >= 11 is 2.19. The summed E-state index contributed by atoms with van der Waals surface area (Å²) in [6.07, 6.45) is 0.654. The zero-order valence-electron chi connectivity index (χ0n) is 10.0. The number of likely N-dealkylation sites (tertiary alicyclic amines) is 1.